The zero-order chi connectivity index (χ0) is 19.7. The van der Waals surface area contributed by atoms with Crippen molar-refractivity contribution >= 4 is 16.1 Å². The number of methoxy groups -OCH3 is 1. The van der Waals surface area contributed by atoms with Gasteiger partial charge in [-0.2, -0.15) is 8.42 Å². The van der Waals surface area contributed by atoms with E-state index >= 15 is 0 Å². The molecular weight excluding hydrogens is 370 g/mol. The first kappa shape index (κ1) is 20.4. The number of hydrogen-bond acceptors (Lipinski definition) is 7. The number of carbonyl (C=O) groups excluding carboxylic acids is 1. The van der Waals surface area contributed by atoms with Gasteiger partial charge in [0.1, 0.15) is 12.3 Å². The highest BCUT2D eigenvalue weighted by Gasteiger charge is 2.16. The minimum absolute atomic E-state index is 0.0209. The summed E-state index contributed by atoms with van der Waals surface area (Å²) < 4.78 is 36.8. The lowest BCUT2D eigenvalue weighted by molar-refractivity contribution is 0.0588. The van der Waals surface area contributed by atoms with Gasteiger partial charge < -0.3 is 9.47 Å². The van der Waals surface area contributed by atoms with Crippen LogP contribution < -0.4 is 4.74 Å². The first-order chi connectivity index (χ1) is 12.9. The minimum atomic E-state index is -3.49. The zero-order valence-electron chi connectivity index (χ0n) is 15.0. The lowest BCUT2D eigenvalue weighted by atomic mass is 10.2. The summed E-state index contributed by atoms with van der Waals surface area (Å²) in [6.07, 6.45) is 1.17. The van der Waals surface area contributed by atoms with Crippen LogP contribution in [-0.4, -0.2) is 39.3 Å². The van der Waals surface area contributed by atoms with Gasteiger partial charge in [-0.05, 0) is 23.6 Å². The smallest absolute Gasteiger partial charge is 0.360 e. The molecule has 0 aliphatic carbocycles. The molecule has 142 valence electrons. The Morgan fingerprint density at radius 3 is 2.56 bits per heavy atom. The summed E-state index contributed by atoms with van der Waals surface area (Å²) in [6, 6.07) is 12.7. The molecule has 27 heavy (non-hydrogen) atoms. The van der Waals surface area contributed by atoms with Gasteiger partial charge in [0, 0.05) is 6.42 Å². The Labute approximate surface area is 158 Å². The van der Waals surface area contributed by atoms with Crippen LogP contribution in [-0.2, 0) is 25.6 Å². The molecule has 7 nitrogen and oxygen atoms in total. The molecular formula is C19H19NO6S. The Hall–Kier alpha value is -2.89. The fraction of sp³-hybridized carbons (Fsp3) is 0.263. The number of hydrogen-bond donors (Lipinski definition) is 0. The highest BCUT2D eigenvalue weighted by atomic mass is 32.2. The molecule has 2 rings (SSSR count). The maximum atomic E-state index is 12.0. The standard InChI is InChI=1S/C19H19NO6S/c1-24-19(21)18-17(25-14-15-8-4-3-5-9-15)12-11-16(20-18)10-6-7-13-26-27(2,22)23/h3-5,8-9,11-12H,7,13-14H2,1-2H3. The first-order valence-corrected chi connectivity index (χ1v) is 9.80. The van der Waals surface area contributed by atoms with E-state index in [4.69, 9.17) is 9.47 Å². The molecule has 2 aromatic rings. The molecule has 1 aromatic heterocycles. The van der Waals surface area contributed by atoms with E-state index in [1.165, 1.54) is 7.11 Å². The van der Waals surface area contributed by atoms with Gasteiger partial charge in [0.25, 0.3) is 10.1 Å². The molecule has 0 N–H and O–H groups in total. The second-order valence-electron chi connectivity index (χ2n) is 5.39. The third-order valence-electron chi connectivity index (χ3n) is 3.22. The van der Waals surface area contributed by atoms with Gasteiger partial charge in [-0.1, -0.05) is 36.3 Å². The van der Waals surface area contributed by atoms with E-state index in [2.05, 4.69) is 21.0 Å². The Balaban J connectivity index is 2.09. The minimum Gasteiger partial charge on any atom is -0.486 e. The van der Waals surface area contributed by atoms with Crippen LogP contribution in [0, 0.1) is 11.8 Å². The van der Waals surface area contributed by atoms with E-state index in [9.17, 15) is 13.2 Å². The van der Waals surface area contributed by atoms with Crippen LogP contribution in [0.4, 0.5) is 0 Å². The fourth-order valence-corrected chi connectivity index (χ4v) is 2.39. The van der Waals surface area contributed by atoms with E-state index in [0.717, 1.165) is 11.8 Å². The highest BCUT2D eigenvalue weighted by Crippen LogP contribution is 2.19. The summed E-state index contributed by atoms with van der Waals surface area (Å²) >= 11 is 0. The van der Waals surface area contributed by atoms with E-state index in [1.807, 2.05) is 30.3 Å². The monoisotopic (exact) mass is 389 g/mol. The van der Waals surface area contributed by atoms with Gasteiger partial charge in [0.2, 0.25) is 0 Å². The van der Waals surface area contributed by atoms with Crippen molar-refractivity contribution in [2.75, 3.05) is 20.0 Å². The average molecular weight is 389 g/mol. The summed E-state index contributed by atoms with van der Waals surface area (Å²) in [5.41, 5.74) is 1.30. The van der Waals surface area contributed by atoms with Crippen LogP contribution in [0.3, 0.4) is 0 Å². The lowest BCUT2D eigenvalue weighted by Crippen LogP contribution is -2.09. The number of esters is 1. The summed E-state index contributed by atoms with van der Waals surface area (Å²) in [6.45, 7) is 0.230. The largest absolute Gasteiger partial charge is 0.486 e. The number of carbonyl (C=O) groups is 1. The van der Waals surface area contributed by atoms with E-state index in [1.54, 1.807) is 12.1 Å². The molecule has 0 fully saturated rings. The Kier molecular flexibility index (Phi) is 7.34. The predicted octanol–water partition coefficient (Wildman–Crippen LogP) is 2.17. The first-order valence-electron chi connectivity index (χ1n) is 7.98. The molecule has 0 saturated carbocycles. The van der Waals surface area contributed by atoms with Gasteiger partial charge >= 0.3 is 5.97 Å². The van der Waals surface area contributed by atoms with Crippen LogP contribution >= 0.6 is 0 Å². The molecule has 0 saturated heterocycles. The van der Waals surface area contributed by atoms with Crippen molar-refractivity contribution in [3.8, 4) is 17.6 Å². The van der Waals surface area contributed by atoms with Gasteiger partial charge in [-0.3, -0.25) is 4.18 Å². The maximum absolute atomic E-state index is 12.0. The number of rotatable bonds is 7. The van der Waals surface area contributed by atoms with Crippen molar-refractivity contribution in [1.82, 2.24) is 4.98 Å². The van der Waals surface area contributed by atoms with E-state index in [0.29, 0.717) is 5.69 Å². The predicted molar refractivity (Wildman–Crippen MR) is 98.6 cm³/mol. The third-order valence-corrected chi connectivity index (χ3v) is 3.81. The number of pyridine rings is 1. The molecule has 1 aromatic carbocycles. The molecule has 8 heteroatoms. The van der Waals surface area contributed by atoms with Crippen LogP contribution in [0.15, 0.2) is 42.5 Å². The molecule has 0 bridgehead atoms. The van der Waals surface area contributed by atoms with E-state index in [-0.39, 0.29) is 31.1 Å². The second-order valence-corrected chi connectivity index (χ2v) is 7.03. The Morgan fingerprint density at radius 1 is 1.15 bits per heavy atom. The SMILES string of the molecule is COC(=O)c1nc(C#CCCOS(C)(=O)=O)ccc1OCc1ccccc1. The third kappa shape index (κ3) is 7.09. The molecule has 0 amide bonds. The van der Waals surface area contributed by atoms with Crippen molar-refractivity contribution in [3.63, 3.8) is 0 Å². The number of aromatic nitrogens is 1. The number of benzene rings is 1. The number of nitrogens with zero attached hydrogens (tertiary/aromatic N) is 1. The van der Waals surface area contributed by atoms with Crippen molar-refractivity contribution in [2.45, 2.75) is 13.0 Å². The van der Waals surface area contributed by atoms with Crippen molar-refractivity contribution in [1.29, 1.82) is 0 Å². The zero-order valence-corrected chi connectivity index (χ0v) is 15.8. The second kappa shape index (κ2) is 9.71. The lowest BCUT2D eigenvalue weighted by Gasteiger charge is -2.10. The average Bonchev–Trinajstić information content (AvgIpc) is 2.65. The fourth-order valence-electron chi connectivity index (χ4n) is 2.01. The maximum Gasteiger partial charge on any atom is 0.360 e. The van der Waals surface area contributed by atoms with Crippen LogP contribution in [0.25, 0.3) is 0 Å². The highest BCUT2D eigenvalue weighted by molar-refractivity contribution is 7.85. The summed E-state index contributed by atoms with van der Waals surface area (Å²) in [5, 5.41) is 0. The summed E-state index contributed by atoms with van der Waals surface area (Å²) in [5.74, 6) is 5.14. The van der Waals surface area contributed by atoms with Crippen molar-refractivity contribution < 1.29 is 26.9 Å². The van der Waals surface area contributed by atoms with Crippen LogP contribution in [0.1, 0.15) is 28.2 Å². The molecule has 0 spiro atoms. The topological polar surface area (TPSA) is 91.8 Å². The molecule has 0 aliphatic rings. The summed E-state index contributed by atoms with van der Waals surface area (Å²) in [7, 11) is -2.23. The Bertz CT molecular complexity index is 945. The normalized spacial score (nSPS) is 10.6. The molecule has 0 unspecified atom stereocenters. The van der Waals surface area contributed by atoms with Gasteiger partial charge in [-0.15, -0.1) is 0 Å². The quantitative estimate of drug-likeness (QED) is 0.310. The van der Waals surface area contributed by atoms with E-state index < -0.39 is 16.1 Å². The Morgan fingerprint density at radius 2 is 1.89 bits per heavy atom. The van der Waals surface area contributed by atoms with Gasteiger partial charge in [0.05, 0.1) is 20.0 Å². The van der Waals surface area contributed by atoms with Crippen LogP contribution in [0.2, 0.25) is 0 Å². The molecule has 0 aliphatic heterocycles. The molecule has 0 radical (unpaired) electrons. The molecule has 0 atom stereocenters. The van der Waals surface area contributed by atoms with Gasteiger partial charge in [-0.25, -0.2) is 9.78 Å². The summed E-state index contributed by atoms with van der Waals surface area (Å²) in [4.78, 5) is 16.2. The molecule has 1 heterocycles. The van der Waals surface area contributed by atoms with Crippen molar-refractivity contribution in [2.24, 2.45) is 0 Å². The van der Waals surface area contributed by atoms with Crippen LogP contribution in [0.5, 0.6) is 5.75 Å². The van der Waals surface area contributed by atoms with Gasteiger partial charge in [0.15, 0.2) is 11.4 Å². The van der Waals surface area contributed by atoms with Crippen molar-refractivity contribution in [3.05, 3.63) is 59.4 Å². The number of ether oxygens (including phenoxy) is 2.